The van der Waals surface area contributed by atoms with E-state index in [0.717, 1.165) is 0 Å². The van der Waals surface area contributed by atoms with Gasteiger partial charge in [0.15, 0.2) is 0 Å². The average molecular weight is 302 g/mol. The number of nitrogens with zero attached hydrogens (tertiary/aromatic N) is 1. The Morgan fingerprint density at radius 2 is 2.35 bits per heavy atom. The van der Waals surface area contributed by atoms with E-state index in [1.165, 1.54) is 17.0 Å². The third-order valence-electron chi connectivity index (χ3n) is 3.45. The number of likely N-dealkylation sites (N-methyl/N-ethyl adjacent to an activating group) is 1. The second-order valence-corrected chi connectivity index (χ2v) is 5.17. The van der Waals surface area contributed by atoms with Crippen LogP contribution in [0.1, 0.15) is 5.56 Å². The number of aliphatic hydroxyl groups is 1. The number of amides is 2. The topological polar surface area (TPSA) is 64.6 Å². The number of urea groups is 1. The van der Waals surface area contributed by atoms with Gasteiger partial charge in [-0.3, -0.25) is 0 Å². The van der Waals surface area contributed by atoms with E-state index in [-0.39, 0.29) is 29.2 Å². The molecule has 2 rings (SSSR count). The number of benzene rings is 1. The predicted octanol–water partition coefficient (Wildman–Crippen LogP) is 0.953. The maximum absolute atomic E-state index is 13.6. The van der Waals surface area contributed by atoms with Crippen molar-refractivity contribution in [2.45, 2.75) is 18.7 Å². The summed E-state index contributed by atoms with van der Waals surface area (Å²) in [5.41, 5.74) is 0.251. The normalized spacial score (nSPS) is 21.8. The highest BCUT2D eigenvalue weighted by molar-refractivity contribution is 6.31. The molecule has 0 bridgehead atoms. The lowest BCUT2D eigenvalue weighted by Gasteiger charge is -2.26. The first kappa shape index (κ1) is 15.0. The lowest BCUT2D eigenvalue weighted by atomic mass is 10.2. The Balaban J connectivity index is 1.95. The molecule has 7 heteroatoms. The summed E-state index contributed by atoms with van der Waals surface area (Å²) in [7, 11) is 1.60. The molecule has 2 amide bonds. The van der Waals surface area contributed by atoms with Crippen molar-refractivity contribution in [3.63, 3.8) is 0 Å². The van der Waals surface area contributed by atoms with E-state index in [2.05, 4.69) is 10.6 Å². The molecule has 5 nitrogen and oxygen atoms in total. The van der Waals surface area contributed by atoms with Crippen molar-refractivity contribution in [1.82, 2.24) is 15.5 Å². The number of carbonyl (C=O) groups is 1. The molecule has 1 aromatic carbocycles. The summed E-state index contributed by atoms with van der Waals surface area (Å²) in [6, 6.07) is 3.71. The van der Waals surface area contributed by atoms with Crippen molar-refractivity contribution in [3.05, 3.63) is 34.6 Å². The summed E-state index contributed by atoms with van der Waals surface area (Å²) in [5, 5.41) is 15.6. The summed E-state index contributed by atoms with van der Waals surface area (Å²) in [5.74, 6) is -0.456. The third kappa shape index (κ3) is 3.20. The number of rotatable bonds is 3. The van der Waals surface area contributed by atoms with Gasteiger partial charge in [0.2, 0.25) is 0 Å². The minimum Gasteiger partial charge on any atom is -0.390 e. The van der Waals surface area contributed by atoms with Crippen LogP contribution in [0.4, 0.5) is 9.18 Å². The number of halogens is 2. The number of carbonyl (C=O) groups excluding carboxylic acids is 1. The van der Waals surface area contributed by atoms with E-state index in [9.17, 15) is 14.3 Å². The van der Waals surface area contributed by atoms with E-state index < -0.39 is 11.9 Å². The van der Waals surface area contributed by atoms with Crippen molar-refractivity contribution in [3.8, 4) is 0 Å². The van der Waals surface area contributed by atoms with Gasteiger partial charge in [-0.05, 0) is 12.1 Å². The predicted molar refractivity (Wildman–Crippen MR) is 74.1 cm³/mol. The molecule has 1 heterocycles. The van der Waals surface area contributed by atoms with E-state index in [4.69, 9.17) is 11.6 Å². The quantitative estimate of drug-likeness (QED) is 0.779. The summed E-state index contributed by atoms with van der Waals surface area (Å²) in [4.78, 5) is 13.4. The molecule has 0 saturated carbocycles. The fourth-order valence-corrected chi connectivity index (χ4v) is 2.42. The van der Waals surface area contributed by atoms with Crippen LogP contribution in [0.2, 0.25) is 5.02 Å². The smallest absolute Gasteiger partial charge is 0.317 e. The monoisotopic (exact) mass is 301 g/mol. The van der Waals surface area contributed by atoms with Gasteiger partial charge in [-0.15, -0.1) is 0 Å². The van der Waals surface area contributed by atoms with Gasteiger partial charge < -0.3 is 20.6 Å². The molecular formula is C13H17ClFN3O2. The van der Waals surface area contributed by atoms with Gasteiger partial charge in [0.1, 0.15) is 5.82 Å². The maximum atomic E-state index is 13.6. The molecular weight excluding hydrogens is 285 g/mol. The SMILES string of the molecule is CN(C(=O)NCc1c(F)cccc1Cl)[C@H]1CNC[C@@H]1O. The molecule has 110 valence electrons. The highest BCUT2D eigenvalue weighted by atomic mass is 35.5. The minimum absolute atomic E-state index is 0.00488. The molecule has 0 radical (unpaired) electrons. The zero-order valence-electron chi connectivity index (χ0n) is 11.1. The van der Waals surface area contributed by atoms with Crippen LogP contribution < -0.4 is 10.6 Å². The fourth-order valence-electron chi connectivity index (χ4n) is 2.19. The molecule has 0 aromatic heterocycles. The lowest BCUT2D eigenvalue weighted by Crippen LogP contribution is -2.48. The number of aliphatic hydroxyl groups excluding tert-OH is 1. The van der Waals surface area contributed by atoms with E-state index >= 15 is 0 Å². The van der Waals surface area contributed by atoms with Gasteiger partial charge in [-0.1, -0.05) is 17.7 Å². The van der Waals surface area contributed by atoms with E-state index in [0.29, 0.717) is 13.1 Å². The largest absolute Gasteiger partial charge is 0.390 e. The molecule has 1 aromatic rings. The van der Waals surface area contributed by atoms with Crippen LogP contribution >= 0.6 is 11.6 Å². The summed E-state index contributed by atoms with van der Waals surface area (Å²) in [6.45, 7) is 0.998. The molecule has 0 aliphatic carbocycles. The molecule has 1 saturated heterocycles. The Morgan fingerprint density at radius 3 is 2.95 bits per heavy atom. The summed E-state index contributed by atoms with van der Waals surface area (Å²) < 4.78 is 13.6. The second-order valence-electron chi connectivity index (χ2n) is 4.76. The average Bonchev–Trinajstić information content (AvgIpc) is 2.83. The zero-order valence-corrected chi connectivity index (χ0v) is 11.8. The standard InChI is InChI=1S/C13H17ClFN3O2/c1-18(11-6-16-7-12(11)19)13(20)17-5-8-9(14)3-2-4-10(8)15/h2-4,11-12,16,19H,5-7H2,1H3,(H,17,20)/t11-,12-/m0/s1. The maximum Gasteiger partial charge on any atom is 0.317 e. The van der Waals surface area contributed by atoms with Crippen molar-refractivity contribution in [1.29, 1.82) is 0 Å². The summed E-state index contributed by atoms with van der Waals surface area (Å²) in [6.07, 6.45) is -0.595. The minimum atomic E-state index is -0.595. The summed E-state index contributed by atoms with van der Waals surface area (Å²) >= 11 is 5.89. The lowest BCUT2D eigenvalue weighted by molar-refractivity contribution is 0.110. The van der Waals surface area contributed by atoms with Crippen LogP contribution in [0.25, 0.3) is 0 Å². The van der Waals surface area contributed by atoms with Gasteiger partial charge in [-0.2, -0.15) is 0 Å². The van der Waals surface area contributed by atoms with Crippen LogP contribution in [-0.4, -0.2) is 48.3 Å². The molecule has 1 aliphatic heterocycles. The Labute approximate surface area is 121 Å². The fraction of sp³-hybridized carbons (Fsp3) is 0.462. The molecule has 3 N–H and O–H groups in total. The first-order valence-electron chi connectivity index (χ1n) is 6.33. The second kappa shape index (κ2) is 6.39. The number of hydrogen-bond acceptors (Lipinski definition) is 3. The number of hydrogen-bond donors (Lipinski definition) is 3. The van der Waals surface area contributed by atoms with Crippen molar-refractivity contribution >= 4 is 17.6 Å². The van der Waals surface area contributed by atoms with E-state index in [1.807, 2.05) is 0 Å². The van der Waals surface area contributed by atoms with Gasteiger partial charge >= 0.3 is 6.03 Å². The van der Waals surface area contributed by atoms with Crippen LogP contribution in [0.3, 0.4) is 0 Å². The number of β-amino-alcohol motifs (C(OH)–C–C–N with tert-alkyl or cyclic N) is 1. The van der Waals surface area contributed by atoms with Gasteiger partial charge in [0.05, 0.1) is 12.1 Å². The highest BCUT2D eigenvalue weighted by Crippen LogP contribution is 2.18. The Bertz CT molecular complexity index is 480. The Kier molecular flexibility index (Phi) is 4.80. The molecule has 2 atom stereocenters. The third-order valence-corrected chi connectivity index (χ3v) is 3.80. The van der Waals surface area contributed by atoms with Gasteiger partial charge in [0, 0.05) is 37.3 Å². The van der Waals surface area contributed by atoms with Crippen LogP contribution in [-0.2, 0) is 6.54 Å². The molecule has 1 aliphatic rings. The number of nitrogens with one attached hydrogen (secondary N) is 2. The zero-order chi connectivity index (χ0) is 14.7. The van der Waals surface area contributed by atoms with Crippen LogP contribution in [0, 0.1) is 5.82 Å². The highest BCUT2D eigenvalue weighted by Gasteiger charge is 2.31. The molecule has 1 fully saturated rings. The van der Waals surface area contributed by atoms with Gasteiger partial charge in [-0.25, -0.2) is 9.18 Å². The first-order chi connectivity index (χ1) is 9.50. The molecule has 0 spiro atoms. The van der Waals surface area contributed by atoms with Crippen LogP contribution in [0.5, 0.6) is 0 Å². The molecule has 20 heavy (non-hydrogen) atoms. The molecule has 0 unspecified atom stereocenters. The van der Waals surface area contributed by atoms with Crippen LogP contribution in [0.15, 0.2) is 18.2 Å². The Hall–Kier alpha value is -1.37. The van der Waals surface area contributed by atoms with E-state index in [1.54, 1.807) is 13.1 Å². The van der Waals surface area contributed by atoms with Crippen molar-refractivity contribution < 1.29 is 14.3 Å². The van der Waals surface area contributed by atoms with Gasteiger partial charge in [0.25, 0.3) is 0 Å². The Morgan fingerprint density at radius 1 is 1.60 bits per heavy atom. The first-order valence-corrected chi connectivity index (χ1v) is 6.71. The van der Waals surface area contributed by atoms with Crippen molar-refractivity contribution in [2.24, 2.45) is 0 Å². The van der Waals surface area contributed by atoms with Crippen molar-refractivity contribution in [2.75, 3.05) is 20.1 Å².